The molecule has 1 saturated carbocycles. The molecule has 5 aromatic rings. The van der Waals surface area contributed by atoms with Gasteiger partial charge in [0.15, 0.2) is 11.4 Å². The van der Waals surface area contributed by atoms with Gasteiger partial charge in [-0.15, -0.1) is 10.2 Å². The van der Waals surface area contributed by atoms with Crippen LogP contribution in [0.2, 0.25) is 0 Å². The van der Waals surface area contributed by atoms with Crippen molar-refractivity contribution < 1.29 is 22.0 Å². The molecular weight excluding hydrogens is 498 g/mol. The molecule has 1 aliphatic rings. The van der Waals surface area contributed by atoms with Gasteiger partial charge in [0.05, 0.1) is 5.56 Å². The average Bonchev–Trinajstić information content (AvgIpc) is 3.46. The number of nitrogens with zero attached hydrogens (tertiary/aromatic N) is 4. The maximum absolute atomic E-state index is 15.6. The molecule has 10 heteroatoms. The summed E-state index contributed by atoms with van der Waals surface area (Å²) in [4.78, 5) is 4.38. The summed E-state index contributed by atoms with van der Waals surface area (Å²) in [5, 5.41) is 11.3. The Morgan fingerprint density at radius 1 is 1.05 bits per heavy atom. The Morgan fingerprint density at radius 2 is 1.84 bits per heavy atom. The monoisotopic (exact) mass is 521 g/mol. The summed E-state index contributed by atoms with van der Waals surface area (Å²) in [6.07, 6.45) is -0.951. The highest BCUT2D eigenvalue weighted by Gasteiger charge is 2.36. The quantitative estimate of drug-likeness (QED) is 0.244. The van der Waals surface area contributed by atoms with E-state index < -0.39 is 23.1 Å². The van der Waals surface area contributed by atoms with Crippen LogP contribution in [0.3, 0.4) is 0 Å². The molecule has 1 fully saturated rings. The molecule has 194 valence electrons. The van der Waals surface area contributed by atoms with Crippen molar-refractivity contribution in [1.82, 2.24) is 25.1 Å². The predicted octanol–water partition coefficient (Wildman–Crippen LogP) is 6.61. The normalized spacial score (nSPS) is 13.9. The van der Waals surface area contributed by atoms with Crippen LogP contribution in [0.1, 0.15) is 24.0 Å². The molecule has 2 aromatic heterocycles. The second kappa shape index (κ2) is 9.36. The molecule has 6 nitrogen and oxygen atoms in total. The highest BCUT2D eigenvalue weighted by atomic mass is 19.4. The SMILES string of the molecule is Cn1cnnc1-c1c(-c2ccccc2)ccc(F)c1-c1nc2cc(CNCC3CC3)cc(C(F)(F)F)c2o1. The fourth-order valence-electron chi connectivity index (χ4n) is 4.64. The highest BCUT2D eigenvalue weighted by molar-refractivity contribution is 5.92. The van der Waals surface area contributed by atoms with E-state index in [1.807, 2.05) is 30.3 Å². The summed E-state index contributed by atoms with van der Waals surface area (Å²) in [5.41, 5.74) is 0.666. The maximum atomic E-state index is 15.6. The van der Waals surface area contributed by atoms with Gasteiger partial charge >= 0.3 is 6.18 Å². The summed E-state index contributed by atoms with van der Waals surface area (Å²) in [6, 6.07) is 14.7. The van der Waals surface area contributed by atoms with Gasteiger partial charge in [0.1, 0.15) is 23.2 Å². The van der Waals surface area contributed by atoms with Crippen LogP contribution in [-0.4, -0.2) is 26.3 Å². The third-order valence-electron chi connectivity index (χ3n) is 6.70. The van der Waals surface area contributed by atoms with Gasteiger partial charge in [-0.3, -0.25) is 0 Å². The molecule has 3 aromatic carbocycles. The van der Waals surface area contributed by atoms with Crippen LogP contribution in [0.5, 0.6) is 0 Å². The van der Waals surface area contributed by atoms with Gasteiger partial charge in [-0.05, 0) is 60.2 Å². The standard InChI is InChI=1S/C28H23F4N5O/c1-37-15-34-36-26(37)23-19(18-5-3-2-4-6-18)9-10-21(29)24(23)27-35-22-12-17(14-33-13-16-7-8-16)11-20(25(22)38-27)28(30,31)32/h2-6,9-12,15-16,33H,7-8,13-14H2,1H3. The molecule has 1 N–H and O–H groups in total. The molecule has 0 amide bonds. The van der Waals surface area contributed by atoms with Crippen LogP contribution >= 0.6 is 0 Å². The van der Waals surface area contributed by atoms with Crippen molar-refractivity contribution in [2.24, 2.45) is 13.0 Å². The summed E-state index contributed by atoms with van der Waals surface area (Å²) >= 11 is 0. The first-order valence-electron chi connectivity index (χ1n) is 12.2. The van der Waals surface area contributed by atoms with Gasteiger partial charge in [-0.25, -0.2) is 9.37 Å². The zero-order chi connectivity index (χ0) is 26.4. The summed E-state index contributed by atoms with van der Waals surface area (Å²) in [7, 11) is 1.70. The number of hydrogen-bond donors (Lipinski definition) is 1. The number of benzene rings is 3. The van der Waals surface area contributed by atoms with Crippen LogP contribution < -0.4 is 5.32 Å². The fraction of sp³-hybridized carbons (Fsp3) is 0.250. The van der Waals surface area contributed by atoms with E-state index in [0.29, 0.717) is 28.4 Å². The van der Waals surface area contributed by atoms with E-state index in [1.54, 1.807) is 23.7 Å². The number of halogens is 4. The van der Waals surface area contributed by atoms with Gasteiger partial charge < -0.3 is 14.3 Å². The Hall–Kier alpha value is -4.05. The van der Waals surface area contributed by atoms with Gasteiger partial charge in [0.2, 0.25) is 5.89 Å². The van der Waals surface area contributed by atoms with E-state index in [2.05, 4.69) is 20.5 Å². The topological polar surface area (TPSA) is 68.8 Å². The smallest absolute Gasteiger partial charge is 0.420 e. The Kier molecular flexibility index (Phi) is 5.98. The maximum Gasteiger partial charge on any atom is 0.420 e. The van der Waals surface area contributed by atoms with E-state index in [-0.39, 0.29) is 23.5 Å². The number of fused-ring (bicyclic) bond motifs is 1. The molecule has 0 radical (unpaired) electrons. The van der Waals surface area contributed by atoms with Gasteiger partial charge in [0.25, 0.3) is 0 Å². The van der Waals surface area contributed by atoms with Gasteiger partial charge in [0, 0.05) is 19.2 Å². The second-order valence-corrected chi connectivity index (χ2v) is 9.56. The minimum Gasteiger partial charge on any atom is -0.435 e. The number of rotatable bonds is 7. The average molecular weight is 522 g/mol. The molecule has 0 unspecified atom stereocenters. The molecule has 0 saturated heterocycles. The molecule has 1 aliphatic carbocycles. The molecule has 0 bridgehead atoms. The van der Waals surface area contributed by atoms with Gasteiger partial charge in [-0.1, -0.05) is 36.4 Å². The molecule has 38 heavy (non-hydrogen) atoms. The predicted molar refractivity (Wildman–Crippen MR) is 134 cm³/mol. The van der Waals surface area contributed by atoms with Crippen LogP contribution in [0.25, 0.3) is 45.1 Å². The number of aromatic nitrogens is 4. The molecule has 0 aliphatic heterocycles. The van der Waals surface area contributed by atoms with Crippen LogP contribution in [0, 0.1) is 11.7 Å². The van der Waals surface area contributed by atoms with E-state index in [0.717, 1.165) is 31.0 Å². The molecule has 6 rings (SSSR count). The summed E-state index contributed by atoms with van der Waals surface area (Å²) in [6.45, 7) is 1.02. The molecule has 2 heterocycles. The third kappa shape index (κ3) is 4.56. The molecule has 0 spiro atoms. The number of alkyl halides is 3. The van der Waals surface area contributed by atoms with Gasteiger partial charge in [-0.2, -0.15) is 13.2 Å². The largest absolute Gasteiger partial charge is 0.435 e. The number of hydrogen-bond acceptors (Lipinski definition) is 5. The van der Waals surface area contributed by atoms with E-state index in [1.165, 1.54) is 12.4 Å². The zero-order valence-electron chi connectivity index (χ0n) is 20.4. The lowest BCUT2D eigenvalue weighted by atomic mass is 9.94. The lowest BCUT2D eigenvalue weighted by molar-refractivity contribution is -0.136. The Bertz CT molecular complexity index is 1620. The van der Waals surface area contributed by atoms with Crippen LogP contribution in [0.15, 0.2) is 65.3 Å². The van der Waals surface area contributed by atoms with Crippen molar-refractivity contribution in [2.75, 3.05) is 6.54 Å². The zero-order valence-corrected chi connectivity index (χ0v) is 20.4. The number of oxazole rings is 1. The first-order chi connectivity index (χ1) is 18.3. The minimum atomic E-state index is -4.68. The Balaban J connectivity index is 1.55. The first-order valence-corrected chi connectivity index (χ1v) is 12.2. The fourth-order valence-corrected chi connectivity index (χ4v) is 4.64. The molecule has 0 atom stereocenters. The van der Waals surface area contributed by atoms with Crippen molar-refractivity contribution in [3.8, 4) is 34.0 Å². The summed E-state index contributed by atoms with van der Waals surface area (Å²) in [5.74, 6) is -0.0593. The Labute approximate surface area is 215 Å². The van der Waals surface area contributed by atoms with Crippen molar-refractivity contribution in [3.05, 3.63) is 77.9 Å². The first kappa shape index (κ1) is 24.3. The Morgan fingerprint density at radius 3 is 2.53 bits per heavy atom. The van der Waals surface area contributed by atoms with E-state index >= 15 is 4.39 Å². The van der Waals surface area contributed by atoms with Crippen LogP contribution in [-0.2, 0) is 19.8 Å². The second-order valence-electron chi connectivity index (χ2n) is 9.56. The van der Waals surface area contributed by atoms with Crippen molar-refractivity contribution in [1.29, 1.82) is 0 Å². The minimum absolute atomic E-state index is 0.00600. The number of nitrogens with one attached hydrogen (secondary N) is 1. The number of aryl methyl sites for hydroxylation is 1. The lowest BCUT2D eigenvalue weighted by Gasteiger charge is -2.14. The lowest BCUT2D eigenvalue weighted by Crippen LogP contribution is -2.17. The third-order valence-corrected chi connectivity index (χ3v) is 6.70. The van der Waals surface area contributed by atoms with Crippen molar-refractivity contribution in [2.45, 2.75) is 25.6 Å². The van der Waals surface area contributed by atoms with Crippen molar-refractivity contribution in [3.63, 3.8) is 0 Å². The van der Waals surface area contributed by atoms with E-state index in [4.69, 9.17) is 4.42 Å². The van der Waals surface area contributed by atoms with Crippen LogP contribution in [0.4, 0.5) is 17.6 Å². The summed E-state index contributed by atoms with van der Waals surface area (Å²) < 4.78 is 65.1. The van der Waals surface area contributed by atoms with Crippen molar-refractivity contribution >= 4 is 11.1 Å². The highest BCUT2D eigenvalue weighted by Crippen LogP contribution is 2.43. The van der Waals surface area contributed by atoms with E-state index in [9.17, 15) is 13.2 Å². The molecular formula is C28H23F4N5O.